The molecule has 0 aliphatic heterocycles. The van der Waals surface area contributed by atoms with Gasteiger partial charge in [-0.25, -0.2) is 4.79 Å². The summed E-state index contributed by atoms with van der Waals surface area (Å²) in [6.07, 6.45) is 5.74. The molecule has 4 heteroatoms. The molecule has 0 aromatic heterocycles. The fraction of sp³-hybridized carbons (Fsp3) is 0.909. The van der Waals surface area contributed by atoms with Crippen LogP contribution in [0.4, 0.5) is 0 Å². The summed E-state index contributed by atoms with van der Waals surface area (Å²) in [6, 6.07) is 0. The number of esters is 1. The molecule has 0 N–H and O–H groups in total. The van der Waals surface area contributed by atoms with Gasteiger partial charge in [0.25, 0.3) is 6.47 Å². The van der Waals surface area contributed by atoms with Crippen molar-refractivity contribution in [3.63, 3.8) is 0 Å². The molecular weight excluding hydrogens is 328 g/mol. The highest BCUT2D eigenvalue weighted by molar-refractivity contribution is 5.82. The molecule has 0 aromatic rings. The number of rotatable bonds is 5. The molecule has 6 unspecified atom stereocenters. The maximum Gasteiger partial charge on any atom is 0.351 e. The Bertz CT molecular complexity index is 568. The Kier molecular flexibility index (Phi) is 4.94. The summed E-state index contributed by atoms with van der Waals surface area (Å²) in [5.41, 5.74) is -0.910. The molecule has 0 amide bonds. The summed E-state index contributed by atoms with van der Waals surface area (Å²) in [5, 5.41) is 0. The first kappa shape index (κ1) is 19.7. The SMILES string of the molecule is CC1CCC(C(C)C)C(OC=O)(C(=O)OC2CC3CCC2(C)C3(C)C)C1. The predicted octanol–water partition coefficient (Wildman–Crippen LogP) is 4.75. The molecule has 0 aromatic carbocycles. The first-order valence-corrected chi connectivity index (χ1v) is 10.4. The fourth-order valence-corrected chi connectivity index (χ4v) is 6.38. The zero-order valence-corrected chi connectivity index (χ0v) is 17.3. The monoisotopic (exact) mass is 364 g/mol. The summed E-state index contributed by atoms with van der Waals surface area (Å²) in [5.74, 6) is 0.950. The van der Waals surface area contributed by atoms with Crippen molar-refractivity contribution in [3.8, 4) is 0 Å². The Hall–Kier alpha value is -1.06. The third-order valence-corrected chi connectivity index (χ3v) is 8.59. The van der Waals surface area contributed by atoms with Gasteiger partial charge in [-0.3, -0.25) is 4.79 Å². The minimum atomic E-state index is -1.12. The second kappa shape index (κ2) is 6.53. The van der Waals surface area contributed by atoms with Gasteiger partial charge in [-0.15, -0.1) is 0 Å². The maximum absolute atomic E-state index is 13.4. The van der Waals surface area contributed by atoms with E-state index in [1.807, 2.05) is 0 Å². The van der Waals surface area contributed by atoms with E-state index in [9.17, 15) is 9.59 Å². The molecule has 148 valence electrons. The van der Waals surface area contributed by atoms with Crippen LogP contribution in [0.5, 0.6) is 0 Å². The van der Waals surface area contributed by atoms with Crippen LogP contribution in [0.15, 0.2) is 0 Å². The number of carbonyl (C=O) groups excluding carboxylic acids is 2. The van der Waals surface area contributed by atoms with Crippen LogP contribution in [0, 0.1) is 34.5 Å². The van der Waals surface area contributed by atoms with Crippen LogP contribution >= 0.6 is 0 Å². The molecular formula is C22H36O4. The quantitative estimate of drug-likeness (QED) is 0.522. The smallest absolute Gasteiger partial charge is 0.351 e. The van der Waals surface area contributed by atoms with E-state index in [-0.39, 0.29) is 34.7 Å². The highest BCUT2D eigenvalue weighted by Gasteiger charge is 2.64. The van der Waals surface area contributed by atoms with Gasteiger partial charge < -0.3 is 9.47 Å². The summed E-state index contributed by atoms with van der Waals surface area (Å²) in [6.45, 7) is 13.7. The first-order chi connectivity index (χ1) is 12.1. The van der Waals surface area contributed by atoms with Crippen molar-refractivity contribution in [2.75, 3.05) is 0 Å². The van der Waals surface area contributed by atoms with E-state index in [4.69, 9.17) is 9.47 Å². The molecule has 26 heavy (non-hydrogen) atoms. The van der Waals surface area contributed by atoms with Crippen LogP contribution in [0.3, 0.4) is 0 Å². The molecule has 0 heterocycles. The van der Waals surface area contributed by atoms with Gasteiger partial charge in [-0.05, 0) is 48.9 Å². The highest BCUT2D eigenvalue weighted by Crippen LogP contribution is 2.66. The lowest BCUT2D eigenvalue weighted by Gasteiger charge is -2.46. The molecule has 3 rings (SSSR count). The van der Waals surface area contributed by atoms with Gasteiger partial charge in [-0.2, -0.15) is 0 Å². The van der Waals surface area contributed by atoms with Gasteiger partial charge in [0.1, 0.15) is 6.10 Å². The molecule has 0 saturated heterocycles. The van der Waals surface area contributed by atoms with Crippen molar-refractivity contribution in [2.45, 2.75) is 91.8 Å². The third-order valence-electron chi connectivity index (χ3n) is 8.59. The molecule has 0 radical (unpaired) electrons. The zero-order valence-electron chi connectivity index (χ0n) is 17.3. The topological polar surface area (TPSA) is 52.6 Å². The van der Waals surface area contributed by atoms with Gasteiger partial charge in [-0.1, -0.05) is 48.0 Å². The van der Waals surface area contributed by atoms with Crippen LogP contribution in [-0.2, 0) is 19.1 Å². The van der Waals surface area contributed by atoms with Crippen LogP contribution < -0.4 is 0 Å². The van der Waals surface area contributed by atoms with Gasteiger partial charge >= 0.3 is 5.97 Å². The first-order valence-electron chi connectivity index (χ1n) is 10.4. The van der Waals surface area contributed by atoms with Crippen LogP contribution in [0.2, 0.25) is 0 Å². The van der Waals surface area contributed by atoms with E-state index in [1.54, 1.807) is 0 Å². The lowest BCUT2D eigenvalue weighted by molar-refractivity contribution is -0.202. The average molecular weight is 365 g/mol. The minimum absolute atomic E-state index is 0.0172. The second-order valence-corrected chi connectivity index (χ2v) is 10.3. The van der Waals surface area contributed by atoms with E-state index in [2.05, 4.69) is 41.5 Å². The Morgan fingerprint density at radius 1 is 1.15 bits per heavy atom. The number of ether oxygens (including phenoxy) is 2. The number of carbonyl (C=O) groups is 2. The van der Waals surface area contributed by atoms with Crippen molar-refractivity contribution in [3.05, 3.63) is 0 Å². The molecule has 3 aliphatic carbocycles. The van der Waals surface area contributed by atoms with Gasteiger partial charge in [0.05, 0.1) is 0 Å². The molecule has 3 saturated carbocycles. The summed E-state index contributed by atoms with van der Waals surface area (Å²) >= 11 is 0. The Morgan fingerprint density at radius 2 is 1.85 bits per heavy atom. The molecule has 4 nitrogen and oxygen atoms in total. The summed E-state index contributed by atoms with van der Waals surface area (Å²) in [7, 11) is 0. The van der Waals surface area contributed by atoms with Crippen LogP contribution in [-0.4, -0.2) is 24.1 Å². The largest absolute Gasteiger partial charge is 0.459 e. The van der Waals surface area contributed by atoms with E-state index in [1.165, 1.54) is 6.42 Å². The Balaban J connectivity index is 1.87. The second-order valence-electron chi connectivity index (χ2n) is 10.3. The van der Waals surface area contributed by atoms with Crippen molar-refractivity contribution >= 4 is 12.4 Å². The highest BCUT2D eigenvalue weighted by atomic mass is 16.6. The maximum atomic E-state index is 13.4. The number of hydrogen-bond acceptors (Lipinski definition) is 4. The standard InChI is InChI=1S/C22H36O4/c1-14(2)17-8-7-15(3)12-22(17,25-13-23)19(24)26-18-11-16-9-10-21(18,6)20(16,4)5/h13-18H,7-12H2,1-6H3. The molecule has 0 spiro atoms. The Labute approximate surface area is 158 Å². The molecule has 3 aliphatic rings. The minimum Gasteiger partial charge on any atom is -0.459 e. The summed E-state index contributed by atoms with van der Waals surface area (Å²) < 4.78 is 11.8. The van der Waals surface area contributed by atoms with Gasteiger partial charge in [0, 0.05) is 17.8 Å². The normalized spacial score (nSPS) is 44.1. The average Bonchev–Trinajstić information content (AvgIpc) is 2.88. The zero-order chi connectivity index (χ0) is 19.3. The van der Waals surface area contributed by atoms with E-state index >= 15 is 0 Å². The number of fused-ring (bicyclic) bond motifs is 2. The summed E-state index contributed by atoms with van der Waals surface area (Å²) in [4.78, 5) is 24.8. The van der Waals surface area contributed by atoms with Crippen molar-refractivity contribution in [1.82, 2.24) is 0 Å². The third kappa shape index (κ3) is 2.70. The molecule has 6 atom stereocenters. The fourth-order valence-electron chi connectivity index (χ4n) is 6.38. The van der Waals surface area contributed by atoms with Gasteiger partial charge in [0.2, 0.25) is 5.60 Å². The lowest BCUT2D eigenvalue weighted by Crippen LogP contribution is -2.56. The van der Waals surface area contributed by atoms with Crippen LogP contribution in [0.25, 0.3) is 0 Å². The molecule has 2 bridgehead atoms. The predicted molar refractivity (Wildman–Crippen MR) is 100 cm³/mol. The van der Waals surface area contributed by atoms with Crippen molar-refractivity contribution in [2.24, 2.45) is 34.5 Å². The van der Waals surface area contributed by atoms with Crippen molar-refractivity contribution in [1.29, 1.82) is 0 Å². The van der Waals surface area contributed by atoms with E-state index in [0.717, 1.165) is 25.7 Å². The van der Waals surface area contributed by atoms with E-state index in [0.29, 0.717) is 24.7 Å². The van der Waals surface area contributed by atoms with Crippen LogP contribution in [0.1, 0.15) is 80.1 Å². The van der Waals surface area contributed by atoms with Crippen molar-refractivity contribution < 1.29 is 19.1 Å². The lowest BCUT2D eigenvalue weighted by atomic mass is 9.66. The Morgan fingerprint density at radius 3 is 2.35 bits per heavy atom. The van der Waals surface area contributed by atoms with Gasteiger partial charge in [0.15, 0.2) is 0 Å². The van der Waals surface area contributed by atoms with E-state index < -0.39 is 5.60 Å². The molecule has 3 fully saturated rings. The number of hydrogen-bond donors (Lipinski definition) is 0.